The summed E-state index contributed by atoms with van der Waals surface area (Å²) in [6.45, 7) is 0. The molecule has 7 heteroatoms. The molecule has 0 aliphatic heterocycles. The fraction of sp³-hybridized carbons (Fsp3) is 1.00. The van der Waals surface area contributed by atoms with Gasteiger partial charge in [-0.2, -0.15) is 21.0 Å². The highest BCUT2D eigenvalue weighted by molar-refractivity contribution is 7.80. The summed E-state index contributed by atoms with van der Waals surface area (Å²) in [5, 5.41) is 0. The molecule has 5 nitrogen and oxygen atoms in total. The maximum Gasteiger partial charge on any atom is 0.394 e. The molecule has 0 unspecified atom stereocenters. The molecule has 0 saturated carbocycles. The van der Waals surface area contributed by atoms with E-state index in [0.29, 0.717) is 0 Å². The van der Waals surface area contributed by atoms with E-state index in [-0.39, 0.29) is 6.15 Å². The molecule has 0 fully saturated rings. The van der Waals surface area contributed by atoms with Crippen LogP contribution in [0.25, 0.3) is 0 Å². The van der Waals surface area contributed by atoms with Gasteiger partial charge in [-0.15, -0.1) is 0 Å². The van der Waals surface area contributed by atoms with Crippen molar-refractivity contribution in [1.29, 1.82) is 0 Å². The van der Waals surface area contributed by atoms with Gasteiger partial charge in [-0.05, 0) is 6.26 Å². The van der Waals surface area contributed by atoms with E-state index in [1.807, 2.05) is 0 Å². The van der Waals surface area contributed by atoms with Crippen LogP contribution in [0.5, 0.6) is 0 Å². The number of rotatable bonds is 0. The van der Waals surface area contributed by atoms with Crippen LogP contribution in [0.2, 0.25) is 0 Å². The highest BCUT2D eigenvalue weighted by Gasteiger charge is 1.84. The molecule has 0 spiro atoms. The molecular weight excluding hydrogens is 154 g/mol. The molecule has 0 aliphatic rings. The van der Waals surface area contributed by atoms with Gasteiger partial charge >= 0.3 is 10.4 Å². The lowest BCUT2D eigenvalue weighted by Gasteiger charge is -1.68. The first kappa shape index (κ1) is 15.7. The Morgan fingerprint density at radius 1 is 1.25 bits per heavy atom. The van der Waals surface area contributed by atoms with Crippen molar-refractivity contribution < 1.29 is 17.5 Å². The number of hydrogen-bond acceptors (Lipinski definition) is 4. The Hall–Kier alpha value is 0.180. The van der Waals surface area contributed by atoms with Crippen molar-refractivity contribution in [2.75, 3.05) is 6.26 Å². The predicted octanol–water partition coefficient (Wildman–Crippen LogP) is 0.0552. The molecular formula is CH9NO4S2. The maximum absolute atomic E-state index is 8.74. The van der Waals surface area contributed by atoms with E-state index in [9.17, 15) is 0 Å². The quantitative estimate of drug-likeness (QED) is 0.298. The Labute approximate surface area is 53.7 Å². The van der Waals surface area contributed by atoms with Crippen molar-refractivity contribution in [3.05, 3.63) is 0 Å². The first-order valence-corrected chi connectivity index (χ1v) is 3.44. The van der Waals surface area contributed by atoms with Crippen LogP contribution in [0.3, 0.4) is 0 Å². The Morgan fingerprint density at radius 2 is 1.25 bits per heavy atom. The van der Waals surface area contributed by atoms with Crippen LogP contribution >= 0.6 is 12.6 Å². The van der Waals surface area contributed by atoms with Crippen molar-refractivity contribution in [2.24, 2.45) is 0 Å². The topological polar surface area (TPSA) is 110 Å². The largest absolute Gasteiger partial charge is 0.394 e. The van der Waals surface area contributed by atoms with Gasteiger partial charge in [0.15, 0.2) is 0 Å². The molecule has 8 heavy (non-hydrogen) atoms. The monoisotopic (exact) mass is 163 g/mol. The molecule has 54 valence electrons. The highest BCUT2D eigenvalue weighted by Crippen LogP contribution is 1.59. The zero-order chi connectivity index (χ0) is 6.50. The van der Waals surface area contributed by atoms with E-state index in [1.165, 1.54) is 0 Å². The van der Waals surface area contributed by atoms with Crippen molar-refractivity contribution >= 4 is 23.0 Å². The summed E-state index contributed by atoms with van der Waals surface area (Å²) in [5.41, 5.74) is 0. The normalized spacial score (nSPS) is 8.00. The first-order chi connectivity index (χ1) is 3.00. The second kappa shape index (κ2) is 7.18. The van der Waals surface area contributed by atoms with Crippen LogP contribution in [-0.4, -0.2) is 23.8 Å². The van der Waals surface area contributed by atoms with E-state index in [4.69, 9.17) is 17.5 Å². The molecule has 0 amide bonds. The molecule has 0 saturated heterocycles. The van der Waals surface area contributed by atoms with Crippen LogP contribution in [-0.2, 0) is 10.4 Å². The second-order valence-corrected chi connectivity index (χ2v) is 1.34. The zero-order valence-corrected chi connectivity index (χ0v) is 5.98. The molecule has 0 bridgehead atoms. The lowest BCUT2D eigenvalue weighted by molar-refractivity contribution is 0.381. The summed E-state index contributed by atoms with van der Waals surface area (Å²) < 4.78 is 31.6. The molecule has 0 aliphatic carbocycles. The van der Waals surface area contributed by atoms with Gasteiger partial charge in [0.2, 0.25) is 0 Å². The summed E-state index contributed by atoms with van der Waals surface area (Å²) >= 11 is 3.53. The van der Waals surface area contributed by atoms with Crippen LogP contribution in [0, 0.1) is 0 Å². The van der Waals surface area contributed by atoms with Gasteiger partial charge in [0.1, 0.15) is 0 Å². The van der Waals surface area contributed by atoms with Crippen LogP contribution in [0.1, 0.15) is 0 Å². The van der Waals surface area contributed by atoms with Gasteiger partial charge in [-0.1, -0.05) is 0 Å². The highest BCUT2D eigenvalue weighted by atomic mass is 32.3. The van der Waals surface area contributed by atoms with Gasteiger partial charge in [0.25, 0.3) is 0 Å². The van der Waals surface area contributed by atoms with E-state index in [1.54, 1.807) is 6.26 Å². The van der Waals surface area contributed by atoms with Gasteiger partial charge < -0.3 is 6.15 Å². The average molecular weight is 163 g/mol. The van der Waals surface area contributed by atoms with E-state index in [2.05, 4.69) is 12.6 Å². The van der Waals surface area contributed by atoms with E-state index < -0.39 is 10.4 Å². The van der Waals surface area contributed by atoms with Gasteiger partial charge in [0, 0.05) is 0 Å². The van der Waals surface area contributed by atoms with Crippen molar-refractivity contribution in [2.45, 2.75) is 0 Å². The Morgan fingerprint density at radius 3 is 1.25 bits per heavy atom. The van der Waals surface area contributed by atoms with Gasteiger partial charge in [-0.25, -0.2) is 0 Å². The number of thiol groups is 1. The predicted molar refractivity (Wildman–Crippen MR) is 34.1 cm³/mol. The standard InChI is InChI=1S/CH4S.H3N.H2O4S/c1-2;;1-5(2,3)4/h2H,1H3;1H3;(H2,1,2,3,4). The third-order valence-electron chi connectivity index (χ3n) is 0. The van der Waals surface area contributed by atoms with Crippen LogP contribution in [0.15, 0.2) is 0 Å². The summed E-state index contributed by atoms with van der Waals surface area (Å²) in [7, 11) is -4.67. The molecule has 0 heterocycles. The molecule has 0 aromatic heterocycles. The summed E-state index contributed by atoms with van der Waals surface area (Å²) in [4.78, 5) is 0. The maximum atomic E-state index is 8.74. The third-order valence-corrected chi connectivity index (χ3v) is 0. The van der Waals surface area contributed by atoms with Crippen molar-refractivity contribution in [3.8, 4) is 0 Å². The van der Waals surface area contributed by atoms with Crippen molar-refractivity contribution in [1.82, 2.24) is 6.15 Å². The van der Waals surface area contributed by atoms with Crippen LogP contribution in [0.4, 0.5) is 0 Å². The molecule has 0 radical (unpaired) electrons. The SMILES string of the molecule is CS.N.O=S(=O)(O)O. The van der Waals surface area contributed by atoms with Crippen LogP contribution < -0.4 is 6.15 Å². The second-order valence-electron chi connectivity index (χ2n) is 0.448. The lowest BCUT2D eigenvalue weighted by Crippen LogP contribution is -1.89. The van der Waals surface area contributed by atoms with E-state index in [0.717, 1.165) is 0 Å². The minimum atomic E-state index is -4.67. The van der Waals surface area contributed by atoms with Gasteiger partial charge in [-0.3, -0.25) is 9.11 Å². The molecule has 0 atom stereocenters. The third kappa shape index (κ3) is 5120. The van der Waals surface area contributed by atoms with E-state index >= 15 is 0 Å². The van der Waals surface area contributed by atoms with Gasteiger partial charge in [0.05, 0.1) is 0 Å². The summed E-state index contributed by atoms with van der Waals surface area (Å²) in [6.07, 6.45) is 1.69. The Kier molecular flexibility index (Phi) is 14.1. The summed E-state index contributed by atoms with van der Waals surface area (Å²) in [6, 6.07) is 0. The minimum absolute atomic E-state index is 0. The Bertz CT molecular complexity index is 97.2. The smallest absolute Gasteiger partial charge is 0.344 e. The zero-order valence-electron chi connectivity index (χ0n) is 4.27. The average Bonchev–Trinajstić information content (AvgIpc) is 1.36. The fourth-order valence-corrected chi connectivity index (χ4v) is 0. The molecule has 0 aromatic carbocycles. The van der Waals surface area contributed by atoms with Crippen molar-refractivity contribution in [3.63, 3.8) is 0 Å². The Balaban J connectivity index is -0.0000000750. The minimum Gasteiger partial charge on any atom is -0.344 e. The molecule has 0 rings (SSSR count). The summed E-state index contributed by atoms with van der Waals surface area (Å²) in [5.74, 6) is 0. The first-order valence-electron chi connectivity index (χ1n) is 1.15. The number of hydrogen-bond donors (Lipinski definition) is 4. The fourth-order valence-electron chi connectivity index (χ4n) is 0. The molecule has 5 N–H and O–H groups in total. The lowest BCUT2D eigenvalue weighted by atomic mass is 12.0. The molecule has 0 aromatic rings.